The summed E-state index contributed by atoms with van der Waals surface area (Å²) in [6.07, 6.45) is 1.40. The summed E-state index contributed by atoms with van der Waals surface area (Å²) in [7, 11) is 0. The van der Waals surface area contributed by atoms with Crippen LogP contribution in [-0.2, 0) is 23.8 Å². The lowest BCUT2D eigenvalue weighted by atomic mass is 10.3. The molecule has 0 atom stereocenters. The molecule has 1 aliphatic heterocycles. The first-order chi connectivity index (χ1) is 16.5. The number of carbonyl (C=O) groups excluding carboxylic acids is 2. The van der Waals surface area contributed by atoms with E-state index in [-0.39, 0.29) is 24.8 Å². The van der Waals surface area contributed by atoms with Gasteiger partial charge in [0.1, 0.15) is 12.4 Å². The molecule has 0 saturated heterocycles. The fraction of sp³-hybridized carbons (Fsp3) is 0.571. The molecule has 0 unspecified atom stereocenters. The number of rotatable bonds is 16. The van der Waals surface area contributed by atoms with E-state index in [9.17, 15) is 9.59 Å². The lowest BCUT2D eigenvalue weighted by Crippen LogP contribution is -2.32. The van der Waals surface area contributed by atoms with E-state index in [4.69, 9.17) is 37.4 Å². The van der Waals surface area contributed by atoms with E-state index in [1.165, 1.54) is 0 Å². The van der Waals surface area contributed by atoms with Crippen LogP contribution >= 0.6 is 46.1 Å². The zero-order chi connectivity index (χ0) is 24.6. The number of hydrogen-bond donors (Lipinski definition) is 3. The summed E-state index contributed by atoms with van der Waals surface area (Å²) in [4.78, 5) is 23.9. The Bertz CT molecular complexity index is 818. The maximum atomic E-state index is 12.1. The van der Waals surface area contributed by atoms with E-state index >= 15 is 0 Å². The highest BCUT2D eigenvalue weighted by atomic mass is 127. The summed E-state index contributed by atoms with van der Waals surface area (Å²) < 4.78 is 18.9. The van der Waals surface area contributed by atoms with Gasteiger partial charge in [0.15, 0.2) is 0 Å². The van der Waals surface area contributed by atoms with Gasteiger partial charge in [0.25, 0.3) is 0 Å². The molecule has 0 radical (unpaired) electrons. The van der Waals surface area contributed by atoms with Crippen molar-refractivity contribution in [3.63, 3.8) is 0 Å². The fourth-order valence-electron chi connectivity index (χ4n) is 2.84. The van der Waals surface area contributed by atoms with Gasteiger partial charge in [-0.1, -0.05) is 23.2 Å². The minimum Gasteiger partial charge on any atom is -0.378 e. The van der Waals surface area contributed by atoms with Crippen molar-refractivity contribution in [2.75, 3.05) is 64.3 Å². The predicted molar refractivity (Wildman–Crippen MR) is 141 cm³/mol. The van der Waals surface area contributed by atoms with Crippen molar-refractivity contribution in [1.82, 2.24) is 14.2 Å². The number of nitrogens with one attached hydrogen (secondary N) is 3. The largest absolute Gasteiger partial charge is 0.378 e. The van der Waals surface area contributed by atoms with E-state index < -0.39 is 0 Å². The zero-order valence-corrected chi connectivity index (χ0v) is 22.5. The molecule has 2 rings (SSSR count). The molecule has 1 aromatic carbocycles. The molecule has 0 saturated carbocycles. The lowest BCUT2D eigenvalue weighted by molar-refractivity contribution is -0.126. The van der Waals surface area contributed by atoms with Gasteiger partial charge >= 0.3 is 0 Å². The Hall–Kier alpha value is -1.22. The number of benzene rings is 1. The summed E-state index contributed by atoms with van der Waals surface area (Å²) in [5.41, 5.74) is 0.809. The Kier molecular flexibility index (Phi) is 14.7. The van der Waals surface area contributed by atoms with Crippen LogP contribution in [0.15, 0.2) is 23.3 Å². The average Bonchev–Trinajstić information content (AvgIpc) is 3.28. The highest BCUT2D eigenvalue weighted by molar-refractivity contribution is 14.1. The van der Waals surface area contributed by atoms with Gasteiger partial charge in [0.2, 0.25) is 11.8 Å². The zero-order valence-electron chi connectivity index (χ0n) is 18.8. The lowest BCUT2D eigenvalue weighted by Gasteiger charge is -2.13. The smallest absolute Gasteiger partial charge is 0.245 e. The summed E-state index contributed by atoms with van der Waals surface area (Å²) in [6.45, 7) is 4.13. The first-order valence-electron chi connectivity index (χ1n) is 10.9. The maximum absolute atomic E-state index is 12.1. The normalized spacial score (nSPS) is 13.1. The SMILES string of the molecule is O=C(COCCOCCOCCNI)NCCCC(=O)NC1=NN(c2ccc(Cl)c(Cl)c2)CC1. The average molecular weight is 630 g/mol. The van der Waals surface area contributed by atoms with Crippen molar-refractivity contribution in [1.29, 1.82) is 0 Å². The van der Waals surface area contributed by atoms with Gasteiger partial charge in [-0.05, 0) is 24.6 Å². The van der Waals surface area contributed by atoms with Crippen molar-refractivity contribution >= 4 is 69.4 Å². The van der Waals surface area contributed by atoms with E-state index in [1.807, 2.05) is 6.07 Å². The monoisotopic (exact) mass is 629 g/mol. The Morgan fingerprint density at radius 2 is 1.74 bits per heavy atom. The number of amides is 2. The number of ether oxygens (including phenoxy) is 3. The molecular weight excluding hydrogens is 600 g/mol. The third-order valence-electron chi connectivity index (χ3n) is 4.51. The molecule has 2 amide bonds. The van der Waals surface area contributed by atoms with E-state index in [0.29, 0.717) is 74.8 Å². The second-order valence-corrected chi connectivity index (χ2v) is 8.76. The molecule has 1 aliphatic rings. The molecule has 0 spiro atoms. The summed E-state index contributed by atoms with van der Waals surface area (Å²) >= 11 is 14.1. The van der Waals surface area contributed by atoms with Crippen LogP contribution in [0.3, 0.4) is 0 Å². The summed E-state index contributed by atoms with van der Waals surface area (Å²) in [6, 6.07) is 5.27. The molecule has 10 nitrogen and oxygen atoms in total. The van der Waals surface area contributed by atoms with Crippen LogP contribution in [0.25, 0.3) is 0 Å². The summed E-state index contributed by atoms with van der Waals surface area (Å²) in [5, 5.41) is 12.6. The molecule has 13 heteroatoms. The quantitative estimate of drug-likeness (QED) is 0.146. The van der Waals surface area contributed by atoms with Gasteiger partial charge in [-0.2, -0.15) is 5.10 Å². The van der Waals surface area contributed by atoms with Gasteiger partial charge < -0.3 is 24.8 Å². The molecule has 0 aliphatic carbocycles. The molecular formula is C21H30Cl2IN5O5. The Morgan fingerprint density at radius 1 is 1.00 bits per heavy atom. The number of carbonyl (C=O) groups is 2. The summed E-state index contributed by atoms with van der Waals surface area (Å²) in [5.74, 6) is 0.222. The van der Waals surface area contributed by atoms with Gasteiger partial charge in [-0.25, -0.2) is 0 Å². The third-order valence-corrected chi connectivity index (χ3v) is 5.79. The van der Waals surface area contributed by atoms with Crippen molar-refractivity contribution in [3.8, 4) is 0 Å². The highest BCUT2D eigenvalue weighted by Crippen LogP contribution is 2.28. The number of anilines is 1. The van der Waals surface area contributed by atoms with Gasteiger partial charge in [0, 0.05) is 55.3 Å². The second kappa shape index (κ2) is 17.2. The highest BCUT2D eigenvalue weighted by Gasteiger charge is 2.18. The van der Waals surface area contributed by atoms with E-state index in [0.717, 1.165) is 12.2 Å². The first-order valence-corrected chi connectivity index (χ1v) is 12.8. The Labute approximate surface area is 223 Å². The molecule has 1 heterocycles. The van der Waals surface area contributed by atoms with Gasteiger partial charge in [0.05, 0.1) is 48.8 Å². The maximum Gasteiger partial charge on any atom is 0.245 e. The standard InChI is InChI=1S/C21H30Cl2IN5O5/c22-17-4-3-16(14-18(17)23)29-8-5-19(28-29)27-20(30)2-1-6-25-21(31)15-34-13-12-33-11-10-32-9-7-26-24/h3-4,14,26H,1-2,5-13,15H2,(H,25,31)(H,27,28,30). The molecule has 0 bridgehead atoms. The van der Waals surface area contributed by atoms with Gasteiger partial charge in [-0.3, -0.25) is 18.1 Å². The van der Waals surface area contributed by atoms with Crippen LogP contribution in [0.1, 0.15) is 19.3 Å². The van der Waals surface area contributed by atoms with E-state index in [2.05, 4.69) is 42.1 Å². The Morgan fingerprint density at radius 3 is 2.47 bits per heavy atom. The molecule has 0 aromatic heterocycles. The van der Waals surface area contributed by atoms with Gasteiger partial charge in [-0.15, -0.1) is 0 Å². The molecule has 0 fully saturated rings. The Balaban J connectivity index is 1.48. The minimum atomic E-state index is -0.229. The van der Waals surface area contributed by atoms with Crippen LogP contribution in [0.5, 0.6) is 0 Å². The number of nitrogens with zero attached hydrogens (tertiary/aromatic N) is 2. The van der Waals surface area contributed by atoms with Crippen molar-refractivity contribution in [2.45, 2.75) is 19.3 Å². The third kappa shape index (κ3) is 12.0. The van der Waals surface area contributed by atoms with Crippen LogP contribution < -0.4 is 19.2 Å². The van der Waals surface area contributed by atoms with Crippen LogP contribution in [0.4, 0.5) is 5.69 Å². The molecule has 3 N–H and O–H groups in total. The van der Waals surface area contributed by atoms with Crippen LogP contribution in [-0.4, -0.2) is 76.9 Å². The number of hydrazone groups is 1. The predicted octanol–water partition coefficient (Wildman–Crippen LogP) is 2.52. The first kappa shape index (κ1) is 29.0. The molecule has 1 aromatic rings. The molecule has 190 valence electrons. The number of amidine groups is 1. The van der Waals surface area contributed by atoms with Crippen molar-refractivity contribution in [2.24, 2.45) is 5.10 Å². The topological polar surface area (TPSA) is 114 Å². The minimum absolute atomic E-state index is 0.0469. The fourth-order valence-corrected chi connectivity index (χ4v) is 3.36. The van der Waals surface area contributed by atoms with Crippen molar-refractivity contribution in [3.05, 3.63) is 28.2 Å². The van der Waals surface area contributed by atoms with Crippen molar-refractivity contribution < 1.29 is 23.8 Å². The van der Waals surface area contributed by atoms with Crippen LogP contribution in [0, 0.1) is 0 Å². The van der Waals surface area contributed by atoms with E-state index in [1.54, 1.807) is 17.1 Å². The molecule has 34 heavy (non-hydrogen) atoms. The number of hydrogen-bond acceptors (Lipinski definition) is 8. The van der Waals surface area contributed by atoms with Crippen LogP contribution in [0.2, 0.25) is 10.0 Å². The number of halogens is 3. The second-order valence-electron chi connectivity index (χ2n) is 7.18.